The van der Waals surface area contributed by atoms with Crippen LogP contribution in [0, 0.1) is 22.7 Å². The molecule has 1 heterocycles. The molecule has 0 spiro atoms. The summed E-state index contributed by atoms with van der Waals surface area (Å²) in [5, 5.41) is 9.89. The molecule has 5 nitrogen and oxygen atoms in total. The number of aliphatic carboxylic acids is 1. The maximum absolute atomic E-state index is 12.0. The van der Waals surface area contributed by atoms with Crippen LogP contribution in [0.5, 0.6) is 0 Å². The van der Waals surface area contributed by atoms with Gasteiger partial charge in [0.1, 0.15) is 0 Å². The minimum absolute atomic E-state index is 0.0789. The third-order valence-corrected chi connectivity index (χ3v) is 7.27. The van der Waals surface area contributed by atoms with Gasteiger partial charge < -0.3 is 14.6 Å². The second-order valence-corrected chi connectivity index (χ2v) is 8.62. The van der Waals surface area contributed by atoms with E-state index in [-0.39, 0.29) is 23.2 Å². The van der Waals surface area contributed by atoms with E-state index in [1.807, 2.05) is 6.92 Å². The molecule has 0 bridgehead atoms. The van der Waals surface area contributed by atoms with Crippen molar-refractivity contribution in [2.24, 2.45) is 22.7 Å². The van der Waals surface area contributed by atoms with Crippen molar-refractivity contribution in [2.45, 2.75) is 65.1 Å². The first-order chi connectivity index (χ1) is 12.2. The number of carbonyl (C=O) groups excluding carboxylic acids is 1. The van der Waals surface area contributed by atoms with Gasteiger partial charge in [0.25, 0.3) is 0 Å². The van der Waals surface area contributed by atoms with Crippen LogP contribution >= 0.6 is 0 Å². The highest BCUT2D eigenvalue weighted by Gasteiger charge is 2.57. The second kappa shape index (κ2) is 6.84. The Labute approximate surface area is 155 Å². The van der Waals surface area contributed by atoms with E-state index in [1.165, 1.54) is 12.7 Å². The molecule has 1 N–H and O–H groups in total. The Hall–Kier alpha value is -1.62. The lowest BCUT2D eigenvalue weighted by molar-refractivity contribution is -0.164. The number of ether oxygens (including phenoxy) is 2. The number of carbonyl (C=O) groups is 2. The summed E-state index contributed by atoms with van der Waals surface area (Å²) >= 11 is 0. The van der Waals surface area contributed by atoms with E-state index < -0.39 is 17.7 Å². The van der Waals surface area contributed by atoms with E-state index in [0.717, 1.165) is 38.5 Å². The third-order valence-electron chi connectivity index (χ3n) is 7.27. The molecule has 2 aliphatic carbocycles. The van der Waals surface area contributed by atoms with Gasteiger partial charge in [0.15, 0.2) is 0 Å². The molecule has 2 saturated carbocycles. The Kier molecular flexibility index (Phi) is 5.04. The van der Waals surface area contributed by atoms with Crippen molar-refractivity contribution in [3.05, 3.63) is 23.8 Å². The van der Waals surface area contributed by atoms with Gasteiger partial charge in [-0.1, -0.05) is 25.5 Å². The minimum atomic E-state index is -0.676. The fourth-order valence-corrected chi connectivity index (χ4v) is 5.79. The number of esters is 1. The standard InChI is InChI=1S/C21H30O5/c1-13-6-9-16-20(2,10-5-11-21(16,3)19(23)24)15(13)8-7-14-12-17(25-4)26-18(14)22/h12,15-17H,1,5-11H2,2-4H3,(H,23,24)/t15-,16+,17+,20+,21-/m0/s1. The first-order valence-electron chi connectivity index (χ1n) is 9.58. The molecule has 0 aromatic heterocycles. The number of rotatable bonds is 5. The number of methoxy groups -OCH3 is 1. The Morgan fingerprint density at radius 2 is 2.15 bits per heavy atom. The summed E-state index contributed by atoms with van der Waals surface area (Å²) in [6, 6.07) is 0. The van der Waals surface area contributed by atoms with Gasteiger partial charge in [-0.05, 0) is 68.8 Å². The van der Waals surface area contributed by atoms with Crippen molar-refractivity contribution in [2.75, 3.05) is 7.11 Å². The zero-order valence-corrected chi connectivity index (χ0v) is 16.0. The fourth-order valence-electron chi connectivity index (χ4n) is 5.79. The highest BCUT2D eigenvalue weighted by atomic mass is 16.7. The normalized spacial score (nSPS) is 40.0. The molecule has 0 radical (unpaired) electrons. The summed E-state index contributed by atoms with van der Waals surface area (Å²) in [5.74, 6) is -0.604. The molecular weight excluding hydrogens is 332 g/mol. The molecule has 26 heavy (non-hydrogen) atoms. The van der Waals surface area contributed by atoms with Gasteiger partial charge in [0, 0.05) is 12.7 Å². The molecule has 3 rings (SSSR count). The number of hydrogen-bond acceptors (Lipinski definition) is 4. The summed E-state index contributed by atoms with van der Waals surface area (Å²) in [7, 11) is 1.51. The summed E-state index contributed by atoms with van der Waals surface area (Å²) in [4.78, 5) is 24.0. The van der Waals surface area contributed by atoms with Crippen LogP contribution in [-0.2, 0) is 19.1 Å². The molecule has 144 valence electrons. The summed E-state index contributed by atoms with van der Waals surface area (Å²) in [6.45, 7) is 8.47. The Bertz CT molecular complexity index is 651. The van der Waals surface area contributed by atoms with Gasteiger partial charge in [-0.2, -0.15) is 0 Å². The van der Waals surface area contributed by atoms with Gasteiger partial charge in [0.2, 0.25) is 6.29 Å². The van der Waals surface area contributed by atoms with Crippen LogP contribution in [0.3, 0.4) is 0 Å². The molecule has 0 amide bonds. The monoisotopic (exact) mass is 362 g/mol. The first-order valence-corrected chi connectivity index (χ1v) is 9.58. The first kappa shape index (κ1) is 19.2. The molecule has 0 aromatic rings. The molecule has 5 atom stereocenters. The summed E-state index contributed by atoms with van der Waals surface area (Å²) in [5.41, 5.74) is 1.11. The van der Waals surface area contributed by atoms with Crippen LogP contribution in [0.4, 0.5) is 0 Å². The molecule has 3 aliphatic rings. The molecule has 1 aliphatic heterocycles. The Morgan fingerprint density at radius 3 is 2.77 bits per heavy atom. The summed E-state index contributed by atoms with van der Waals surface area (Å²) in [6.07, 6.45) is 7.05. The topological polar surface area (TPSA) is 72.8 Å². The number of allylic oxidation sites excluding steroid dienone is 1. The van der Waals surface area contributed by atoms with E-state index in [2.05, 4.69) is 13.5 Å². The van der Waals surface area contributed by atoms with E-state index in [9.17, 15) is 14.7 Å². The predicted octanol–water partition coefficient (Wildman–Crippen LogP) is 4.09. The summed E-state index contributed by atoms with van der Waals surface area (Å²) < 4.78 is 10.2. The highest BCUT2D eigenvalue weighted by molar-refractivity contribution is 5.90. The molecular formula is C21H30O5. The van der Waals surface area contributed by atoms with Crippen molar-refractivity contribution >= 4 is 11.9 Å². The van der Waals surface area contributed by atoms with E-state index in [0.29, 0.717) is 12.0 Å². The van der Waals surface area contributed by atoms with Crippen LogP contribution in [-0.4, -0.2) is 30.4 Å². The number of cyclic esters (lactones) is 1. The van der Waals surface area contributed by atoms with E-state index >= 15 is 0 Å². The van der Waals surface area contributed by atoms with E-state index in [4.69, 9.17) is 9.47 Å². The zero-order valence-electron chi connectivity index (χ0n) is 16.0. The molecule has 0 unspecified atom stereocenters. The van der Waals surface area contributed by atoms with Crippen LogP contribution in [0.25, 0.3) is 0 Å². The van der Waals surface area contributed by atoms with Crippen LogP contribution in [0.15, 0.2) is 23.8 Å². The van der Waals surface area contributed by atoms with Gasteiger partial charge in [-0.3, -0.25) is 4.79 Å². The number of hydrogen-bond donors (Lipinski definition) is 1. The van der Waals surface area contributed by atoms with Gasteiger partial charge in [0.05, 0.1) is 5.41 Å². The number of carboxylic acids is 1. The van der Waals surface area contributed by atoms with Crippen molar-refractivity contribution < 1.29 is 24.2 Å². The van der Waals surface area contributed by atoms with Crippen molar-refractivity contribution in [3.63, 3.8) is 0 Å². The van der Waals surface area contributed by atoms with Crippen molar-refractivity contribution in [1.29, 1.82) is 0 Å². The number of fused-ring (bicyclic) bond motifs is 1. The number of carboxylic acid groups (broad SMARTS) is 1. The quantitative estimate of drug-likeness (QED) is 0.589. The van der Waals surface area contributed by atoms with E-state index in [1.54, 1.807) is 6.08 Å². The average Bonchev–Trinajstić information content (AvgIpc) is 2.94. The largest absolute Gasteiger partial charge is 0.481 e. The van der Waals surface area contributed by atoms with Crippen molar-refractivity contribution in [3.8, 4) is 0 Å². The van der Waals surface area contributed by atoms with Gasteiger partial charge in [-0.25, -0.2) is 4.79 Å². The minimum Gasteiger partial charge on any atom is -0.481 e. The Balaban J connectivity index is 1.81. The second-order valence-electron chi connectivity index (χ2n) is 8.62. The Morgan fingerprint density at radius 1 is 1.42 bits per heavy atom. The average molecular weight is 362 g/mol. The molecule has 2 fully saturated rings. The molecule has 0 aromatic carbocycles. The predicted molar refractivity (Wildman–Crippen MR) is 97.3 cm³/mol. The molecule has 5 heteroatoms. The lowest BCUT2D eigenvalue weighted by Crippen LogP contribution is -2.53. The lowest BCUT2D eigenvalue weighted by atomic mass is 9.46. The SMILES string of the molecule is C=C1CC[C@@H]2[C@](C)(CCC[C@]2(C)C(=O)O)[C@H]1CCC1=C[C@H](OC)OC1=O. The highest BCUT2D eigenvalue weighted by Crippen LogP contribution is 2.62. The van der Waals surface area contributed by atoms with Gasteiger partial charge >= 0.3 is 11.9 Å². The maximum Gasteiger partial charge on any atom is 0.336 e. The van der Waals surface area contributed by atoms with Crippen LogP contribution in [0.1, 0.15) is 58.8 Å². The smallest absolute Gasteiger partial charge is 0.336 e. The third kappa shape index (κ3) is 3.00. The zero-order chi connectivity index (χ0) is 19.1. The molecule has 0 saturated heterocycles. The van der Waals surface area contributed by atoms with Gasteiger partial charge in [-0.15, -0.1) is 0 Å². The maximum atomic E-state index is 12.0. The van der Waals surface area contributed by atoms with Crippen molar-refractivity contribution in [1.82, 2.24) is 0 Å². The van der Waals surface area contributed by atoms with Crippen LogP contribution < -0.4 is 0 Å². The lowest BCUT2D eigenvalue weighted by Gasteiger charge is -2.57. The van der Waals surface area contributed by atoms with Crippen LogP contribution in [0.2, 0.25) is 0 Å². The fraction of sp³-hybridized carbons (Fsp3) is 0.714.